The Labute approximate surface area is 107 Å². The van der Waals surface area contributed by atoms with Crippen molar-refractivity contribution in [2.24, 2.45) is 0 Å². The Morgan fingerprint density at radius 3 is 2.83 bits per heavy atom. The monoisotopic (exact) mass is 250 g/mol. The molecule has 18 heavy (non-hydrogen) atoms. The molecule has 2 heterocycles. The fraction of sp³-hybridized carbons (Fsp3) is 0.538. The van der Waals surface area contributed by atoms with Gasteiger partial charge in [-0.15, -0.1) is 0 Å². The van der Waals surface area contributed by atoms with Gasteiger partial charge in [-0.25, -0.2) is 4.98 Å². The van der Waals surface area contributed by atoms with Crippen molar-refractivity contribution >= 4 is 11.5 Å². The third-order valence-corrected chi connectivity index (χ3v) is 3.03. The number of ketones is 1. The van der Waals surface area contributed by atoms with Gasteiger partial charge in [-0.1, -0.05) is 6.92 Å². The Balaban J connectivity index is 2.29. The van der Waals surface area contributed by atoms with Gasteiger partial charge >= 0.3 is 0 Å². The molecule has 1 saturated heterocycles. The summed E-state index contributed by atoms with van der Waals surface area (Å²) < 4.78 is 10.4. The van der Waals surface area contributed by atoms with Crippen molar-refractivity contribution < 1.29 is 14.3 Å². The number of hydrogen-bond acceptors (Lipinski definition) is 5. The van der Waals surface area contributed by atoms with Gasteiger partial charge in [0, 0.05) is 19.5 Å². The Morgan fingerprint density at radius 2 is 2.22 bits per heavy atom. The van der Waals surface area contributed by atoms with Crippen molar-refractivity contribution in [3.63, 3.8) is 0 Å². The lowest BCUT2D eigenvalue weighted by Crippen LogP contribution is -2.36. The van der Waals surface area contributed by atoms with E-state index in [1.54, 1.807) is 6.20 Å². The molecule has 0 bridgehead atoms. The molecule has 0 saturated carbocycles. The average Bonchev–Trinajstić information content (AvgIpc) is 2.46. The molecule has 0 atom stereocenters. The summed E-state index contributed by atoms with van der Waals surface area (Å²) in [6, 6.07) is 1.86. The summed E-state index contributed by atoms with van der Waals surface area (Å²) in [5.74, 6) is 0.452. The molecule has 0 amide bonds. The minimum absolute atomic E-state index is 0.0504. The molecule has 5 nitrogen and oxygen atoms in total. The molecule has 0 spiro atoms. The summed E-state index contributed by atoms with van der Waals surface area (Å²) >= 11 is 0. The molecule has 1 aromatic rings. The summed E-state index contributed by atoms with van der Waals surface area (Å²) in [6.45, 7) is 4.91. The second kappa shape index (κ2) is 5.82. The number of methoxy groups -OCH3 is 1. The van der Waals surface area contributed by atoms with Crippen LogP contribution in [-0.4, -0.2) is 44.2 Å². The van der Waals surface area contributed by atoms with Crippen molar-refractivity contribution in [2.75, 3.05) is 38.3 Å². The van der Waals surface area contributed by atoms with Gasteiger partial charge in [-0.2, -0.15) is 0 Å². The fourth-order valence-electron chi connectivity index (χ4n) is 1.99. The number of pyridine rings is 1. The number of aromatic nitrogens is 1. The number of rotatable bonds is 4. The average molecular weight is 250 g/mol. The number of carbonyl (C=O) groups excluding carboxylic acids is 1. The van der Waals surface area contributed by atoms with Gasteiger partial charge in [-0.3, -0.25) is 4.79 Å². The molecule has 1 fully saturated rings. The van der Waals surface area contributed by atoms with Crippen LogP contribution in [0.2, 0.25) is 0 Å². The second-order valence-corrected chi connectivity index (χ2v) is 4.13. The van der Waals surface area contributed by atoms with Gasteiger partial charge in [0.15, 0.2) is 5.78 Å². The zero-order valence-corrected chi connectivity index (χ0v) is 10.8. The van der Waals surface area contributed by atoms with Crippen LogP contribution >= 0.6 is 0 Å². The lowest BCUT2D eigenvalue weighted by atomic mass is 10.1. The highest BCUT2D eigenvalue weighted by Gasteiger charge is 2.17. The summed E-state index contributed by atoms with van der Waals surface area (Å²) in [6.07, 6.45) is 2.20. The summed E-state index contributed by atoms with van der Waals surface area (Å²) in [7, 11) is 1.53. The van der Waals surface area contributed by atoms with E-state index in [1.807, 2.05) is 13.0 Å². The minimum Gasteiger partial charge on any atom is -0.480 e. The van der Waals surface area contributed by atoms with Gasteiger partial charge in [0.25, 0.3) is 0 Å². The first-order valence-electron chi connectivity index (χ1n) is 6.16. The highest BCUT2D eigenvalue weighted by atomic mass is 16.5. The Bertz CT molecular complexity index is 428. The van der Waals surface area contributed by atoms with Crippen LogP contribution in [0.1, 0.15) is 23.7 Å². The van der Waals surface area contributed by atoms with Crippen molar-refractivity contribution in [2.45, 2.75) is 13.3 Å². The van der Waals surface area contributed by atoms with Crippen LogP contribution in [-0.2, 0) is 4.74 Å². The van der Waals surface area contributed by atoms with Crippen LogP contribution in [0, 0.1) is 0 Å². The molecule has 0 radical (unpaired) electrons. The normalized spacial score (nSPS) is 15.6. The molecule has 98 valence electrons. The van der Waals surface area contributed by atoms with E-state index in [1.165, 1.54) is 7.11 Å². The fourth-order valence-corrected chi connectivity index (χ4v) is 1.99. The molecular weight excluding hydrogens is 232 g/mol. The first-order valence-corrected chi connectivity index (χ1v) is 6.16. The zero-order chi connectivity index (χ0) is 13.0. The van der Waals surface area contributed by atoms with E-state index in [0.29, 0.717) is 31.1 Å². The Morgan fingerprint density at radius 1 is 1.50 bits per heavy atom. The smallest absolute Gasteiger partial charge is 0.224 e. The molecule has 0 aliphatic carbocycles. The number of carbonyl (C=O) groups is 1. The molecule has 0 unspecified atom stereocenters. The summed E-state index contributed by atoms with van der Waals surface area (Å²) in [4.78, 5) is 18.2. The molecule has 2 rings (SSSR count). The lowest BCUT2D eigenvalue weighted by Gasteiger charge is -2.28. The van der Waals surface area contributed by atoms with Crippen LogP contribution in [0.3, 0.4) is 0 Å². The Hall–Kier alpha value is -1.62. The van der Waals surface area contributed by atoms with Crippen LogP contribution in [0.5, 0.6) is 5.88 Å². The van der Waals surface area contributed by atoms with Gasteiger partial charge in [0.05, 0.1) is 37.8 Å². The minimum atomic E-state index is 0.0504. The van der Waals surface area contributed by atoms with Gasteiger partial charge in [0.2, 0.25) is 5.88 Å². The summed E-state index contributed by atoms with van der Waals surface area (Å²) in [5, 5.41) is 0. The van der Waals surface area contributed by atoms with E-state index in [2.05, 4.69) is 9.88 Å². The van der Waals surface area contributed by atoms with Crippen LogP contribution in [0.15, 0.2) is 12.3 Å². The maximum Gasteiger partial charge on any atom is 0.224 e. The van der Waals surface area contributed by atoms with E-state index >= 15 is 0 Å². The maximum atomic E-state index is 11.9. The van der Waals surface area contributed by atoms with E-state index in [9.17, 15) is 4.79 Å². The Kier molecular flexibility index (Phi) is 4.15. The third-order valence-electron chi connectivity index (χ3n) is 3.03. The molecular formula is C13H18N2O3. The number of Topliss-reactive ketones (excluding diaryl/α,β-unsaturated/α-hetero) is 1. The maximum absolute atomic E-state index is 11.9. The number of hydrogen-bond donors (Lipinski definition) is 0. The second-order valence-electron chi connectivity index (χ2n) is 4.13. The highest BCUT2D eigenvalue weighted by Crippen LogP contribution is 2.23. The molecule has 0 N–H and O–H groups in total. The highest BCUT2D eigenvalue weighted by molar-refractivity contribution is 5.98. The number of anilines is 1. The first-order chi connectivity index (χ1) is 8.76. The van der Waals surface area contributed by atoms with Gasteiger partial charge in [0.1, 0.15) is 0 Å². The van der Waals surface area contributed by atoms with Gasteiger partial charge in [-0.05, 0) is 6.07 Å². The van der Waals surface area contributed by atoms with E-state index < -0.39 is 0 Å². The van der Waals surface area contributed by atoms with E-state index in [-0.39, 0.29) is 5.78 Å². The van der Waals surface area contributed by atoms with Crippen molar-refractivity contribution in [1.82, 2.24) is 4.98 Å². The number of nitrogens with zero attached hydrogens (tertiary/aromatic N) is 2. The molecule has 5 heteroatoms. The standard InChI is InChI=1S/C13H18N2O3/c1-3-12(16)11-8-10(9-14-13(11)17-2)15-4-6-18-7-5-15/h8-9H,3-7H2,1-2H3. The SMILES string of the molecule is CCC(=O)c1cc(N2CCOCC2)cnc1OC. The predicted octanol–water partition coefficient (Wildman–Crippen LogP) is 1.52. The number of ether oxygens (including phenoxy) is 2. The lowest BCUT2D eigenvalue weighted by molar-refractivity contribution is 0.0984. The van der Waals surface area contributed by atoms with Crippen LogP contribution < -0.4 is 9.64 Å². The quantitative estimate of drug-likeness (QED) is 0.758. The predicted molar refractivity (Wildman–Crippen MR) is 68.4 cm³/mol. The molecule has 1 aliphatic heterocycles. The van der Waals surface area contributed by atoms with Gasteiger partial charge < -0.3 is 14.4 Å². The molecule has 0 aromatic carbocycles. The van der Waals surface area contributed by atoms with Crippen LogP contribution in [0.25, 0.3) is 0 Å². The third kappa shape index (κ3) is 2.61. The van der Waals surface area contributed by atoms with E-state index in [0.717, 1.165) is 18.8 Å². The van der Waals surface area contributed by atoms with Crippen molar-refractivity contribution in [1.29, 1.82) is 0 Å². The number of morpholine rings is 1. The molecule has 1 aliphatic rings. The largest absolute Gasteiger partial charge is 0.480 e. The van der Waals surface area contributed by atoms with Crippen molar-refractivity contribution in [3.05, 3.63) is 17.8 Å². The van der Waals surface area contributed by atoms with Crippen molar-refractivity contribution in [3.8, 4) is 5.88 Å². The zero-order valence-electron chi connectivity index (χ0n) is 10.8. The van der Waals surface area contributed by atoms with Crippen LogP contribution in [0.4, 0.5) is 5.69 Å². The topological polar surface area (TPSA) is 51.7 Å². The molecule has 1 aromatic heterocycles. The first kappa shape index (κ1) is 12.8. The summed E-state index contributed by atoms with van der Waals surface area (Å²) in [5.41, 5.74) is 1.51. The van der Waals surface area contributed by atoms with E-state index in [4.69, 9.17) is 9.47 Å².